The molecule has 0 aliphatic carbocycles. The number of rotatable bonds is 5. The predicted molar refractivity (Wildman–Crippen MR) is 122 cm³/mol. The first kappa shape index (κ1) is 21.0. The van der Waals surface area contributed by atoms with E-state index >= 15 is 0 Å². The number of nitrogens with one attached hydrogen (secondary N) is 1. The summed E-state index contributed by atoms with van der Waals surface area (Å²) in [6.07, 6.45) is 3.71. The summed E-state index contributed by atoms with van der Waals surface area (Å²) < 4.78 is 2.03. The minimum absolute atomic E-state index is 0.0812. The molecule has 1 saturated heterocycles. The molecule has 0 bridgehead atoms. The standard InChI is InChI=1S/C21H20Cl3N5O/c22-15-2-1-3-17(12-15)29-7-6-25-21(29)28-10-8-27(9-11-28)14-20(30)26-16-4-5-18(23)19(24)13-16/h1-7,12-13H,8-11,14H2,(H,26,30). The molecule has 0 spiro atoms. The highest BCUT2D eigenvalue weighted by atomic mass is 35.5. The molecule has 1 aromatic heterocycles. The van der Waals surface area contributed by atoms with E-state index in [1.165, 1.54) is 0 Å². The molecule has 9 heteroatoms. The molecule has 1 fully saturated rings. The van der Waals surface area contributed by atoms with Gasteiger partial charge in [-0.05, 0) is 36.4 Å². The van der Waals surface area contributed by atoms with Gasteiger partial charge in [-0.25, -0.2) is 4.98 Å². The molecule has 2 aromatic carbocycles. The van der Waals surface area contributed by atoms with Crippen LogP contribution in [0.1, 0.15) is 0 Å². The van der Waals surface area contributed by atoms with Crippen LogP contribution in [0.25, 0.3) is 5.69 Å². The van der Waals surface area contributed by atoms with Gasteiger partial charge in [0.2, 0.25) is 11.9 Å². The lowest BCUT2D eigenvalue weighted by Crippen LogP contribution is -2.49. The Morgan fingerprint density at radius 3 is 2.53 bits per heavy atom. The van der Waals surface area contributed by atoms with Crippen molar-refractivity contribution in [3.8, 4) is 5.69 Å². The maximum absolute atomic E-state index is 12.4. The topological polar surface area (TPSA) is 53.4 Å². The Kier molecular flexibility index (Phi) is 6.49. The number of carbonyl (C=O) groups is 1. The fraction of sp³-hybridized carbons (Fsp3) is 0.238. The van der Waals surface area contributed by atoms with E-state index in [0.717, 1.165) is 37.8 Å². The van der Waals surface area contributed by atoms with E-state index in [9.17, 15) is 4.79 Å². The molecule has 1 aliphatic rings. The number of carbonyl (C=O) groups excluding carboxylic acids is 1. The fourth-order valence-corrected chi connectivity index (χ4v) is 3.92. The molecule has 2 heterocycles. The molecule has 6 nitrogen and oxygen atoms in total. The lowest BCUT2D eigenvalue weighted by atomic mass is 10.3. The summed E-state index contributed by atoms with van der Waals surface area (Å²) in [5.74, 6) is 0.791. The van der Waals surface area contributed by atoms with Crippen LogP contribution in [0.15, 0.2) is 54.9 Å². The van der Waals surface area contributed by atoms with Crippen molar-refractivity contribution >= 4 is 52.3 Å². The van der Waals surface area contributed by atoms with E-state index in [1.54, 1.807) is 24.4 Å². The Balaban J connectivity index is 1.34. The first-order valence-corrected chi connectivity index (χ1v) is 10.6. The van der Waals surface area contributed by atoms with Crippen LogP contribution in [0.3, 0.4) is 0 Å². The SMILES string of the molecule is O=C(CN1CCN(c2nccn2-c2cccc(Cl)c2)CC1)Nc1ccc(Cl)c(Cl)c1. The van der Waals surface area contributed by atoms with Crippen molar-refractivity contribution < 1.29 is 4.79 Å². The van der Waals surface area contributed by atoms with E-state index in [0.29, 0.717) is 27.3 Å². The number of imidazole rings is 1. The minimum Gasteiger partial charge on any atom is -0.339 e. The third-order valence-corrected chi connectivity index (χ3v) is 5.91. The molecule has 3 aromatic rings. The third-order valence-electron chi connectivity index (χ3n) is 4.93. The predicted octanol–water partition coefficient (Wildman–Crippen LogP) is 4.59. The van der Waals surface area contributed by atoms with Crippen LogP contribution in [0.2, 0.25) is 15.1 Å². The molecule has 1 N–H and O–H groups in total. The zero-order valence-electron chi connectivity index (χ0n) is 16.1. The van der Waals surface area contributed by atoms with Crippen molar-refractivity contribution in [2.24, 2.45) is 0 Å². The molecule has 4 rings (SSSR count). The number of piperazine rings is 1. The highest BCUT2D eigenvalue weighted by Crippen LogP contribution is 2.25. The number of anilines is 2. The summed E-state index contributed by atoms with van der Waals surface area (Å²) in [5, 5.41) is 4.43. The van der Waals surface area contributed by atoms with Crippen LogP contribution in [0, 0.1) is 0 Å². The molecule has 0 unspecified atom stereocenters. The van der Waals surface area contributed by atoms with Gasteiger partial charge in [0.1, 0.15) is 0 Å². The number of benzene rings is 2. The summed E-state index contributed by atoms with van der Waals surface area (Å²) in [6.45, 7) is 3.39. The maximum Gasteiger partial charge on any atom is 0.238 e. The second kappa shape index (κ2) is 9.27. The molecule has 0 atom stereocenters. The second-order valence-electron chi connectivity index (χ2n) is 7.02. The first-order chi connectivity index (χ1) is 14.5. The molecule has 30 heavy (non-hydrogen) atoms. The second-order valence-corrected chi connectivity index (χ2v) is 8.27. The number of amides is 1. The van der Waals surface area contributed by atoms with Gasteiger partial charge in [0.15, 0.2) is 0 Å². The smallest absolute Gasteiger partial charge is 0.238 e. The highest BCUT2D eigenvalue weighted by molar-refractivity contribution is 6.42. The fourth-order valence-electron chi connectivity index (χ4n) is 3.44. The van der Waals surface area contributed by atoms with Crippen molar-refractivity contribution in [3.63, 3.8) is 0 Å². The van der Waals surface area contributed by atoms with Crippen LogP contribution in [-0.2, 0) is 4.79 Å². The average Bonchev–Trinajstić information content (AvgIpc) is 3.21. The number of hydrogen-bond donors (Lipinski definition) is 1. The van der Waals surface area contributed by atoms with E-state index < -0.39 is 0 Å². The highest BCUT2D eigenvalue weighted by Gasteiger charge is 2.22. The van der Waals surface area contributed by atoms with Gasteiger partial charge < -0.3 is 10.2 Å². The normalized spacial score (nSPS) is 14.7. The van der Waals surface area contributed by atoms with Crippen molar-refractivity contribution in [2.75, 3.05) is 42.9 Å². The van der Waals surface area contributed by atoms with Gasteiger partial charge in [0.25, 0.3) is 0 Å². The Morgan fingerprint density at radius 1 is 1.00 bits per heavy atom. The number of hydrogen-bond acceptors (Lipinski definition) is 4. The van der Waals surface area contributed by atoms with Crippen LogP contribution >= 0.6 is 34.8 Å². The average molecular weight is 465 g/mol. The first-order valence-electron chi connectivity index (χ1n) is 9.51. The van der Waals surface area contributed by atoms with Crippen LogP contribution < -0.4 is 10.2 Å². The summed E-state index contributed by atoms with van der Waals surface area (Å²) >= 11 is 18.1. The largest absolute Gasteiger partial charge is 0.339 e. The van der Waals surface area contributed by atoms with Gasteiger partial charge in [-0.1, -0.05) is 40.9 Å². The van der Waals surface area contributed by atoms with Crippen LogP contribution in [0.5, 0.6) is 0 Å². The van der Waals surface area contributed by atoms with E-state index in [2.05, 4.69) is 20.1 Å². The maximum atomic E-state index is 12.4. The van der Waals surface area contributed by atoms with E-state index in [1.807, 2.05) is 35.0 Å². The number of nitrogens with zero attached hydrogens (tertiary/aromatic N) is 4. The molecule has 1 aliphatic heterocycles. The van der Waals surface area contributed by atoms with Gasteiger partial charge >= 0.3 is 0 Å². The van der Waals surface area contributed by atoms with Gasteiger partial charge in [-0.3, -0.25) is 14.3 Å². The van der Waals surface area contributed by atoms with Gasteiger partial charge in [-0.15, -0.1) is 0 Å². The molecule has 0 saturated carbocycles. The monoisotopic (exact) mass is 463 g/mol. The molecular weight excluding hydrogens is 445 g/mol. The van der Waals surface area contributed by atoms with Crippen LogP contribution in [0.4, 0.5) is 11.6 Å². The Hall–Kier alpha value is -2.25. The Labute approximate surface area is 190 Å². The number of aromatic nitrogens is 2. The van der Waals surface area contributed by atoms with E-state index in [-0.39, 0.29) is 5.91 Å². The molecule has 1 amide bonds. The molecule has 156 valence electrons. The molecular formula is C21H20Cl3N5O. The van der Waals surface area contributed by atoms with E-state index in [4.69, 9.17) is 34.8 Å². The quantitative estimate of drug-likeness (QED) is 0.600. The lowest BCUT2D eigenvalue weighted by molar-refractivity contribution is -0.117. The zero-order valence-corrected chi connectivity index (χ0v) is 18.3. The summed E-state index contributed by atoms with van der Waals surface area (Å²) in [4.78, 5) is 21.3. The van der Waals surface area contributed by atoms with Crippen molar-refractivity contribution in [3.05, 3.63) is 69.9 Å². The lowest BCUT2D eigenvalue weighted by Gasteiger charge is -2.35. The Bertz CT molecular complexity index is 1050. The van der Waals surface area contributed by atoms with Gasteiger partial charge in [0.05, 0.1) is 16.6 Å². The molecule has 0 radical (unpaired) electrons. The van der Waals surface area contributed by atoms with Crippen LogP contribution in [-0.4, -0.2) is 53.1 Å². The third kappa shape index (κ3) is 4.90. The van der Waals surface area contributed by atoms with Crippen molar-refractivity contribution in [1.29, 1.82) is 0 Å². The summed E-state index contributed by atoms with van der Waals surface area (Å²) in [6, 6.07) is 12.7. The summed E-state index contributed by atoms with van der Waals surface area (Å²) in [5.41, 5.74) is 1.61. The van der Waals surface area contributed by atoms with Crippen molar-refractivity contribution in [1.82, 2.24) is 14.5 Å². The Morgan fingerprint density at radius 2 is 1.80 bits per heavy atom. The zero-order chi connectivity index (χ0) is 21.1. The van der Waals surface area contributed by atoms with Gasteiger partial charge in [0, 0.05) is 55.0 Å². The summed E-state index contributed by atoms with van der Waals surface area (Å²) in [7, 11) is 0. The van der Waals surface area contributed by atoms with Crippen molar-refractivity contribution in [2.45, 2.75) is 0 Å². The number of halogens is 3. The van der Waals surface area contributed by atoms with Gasteiger partial charge in [-0.2, -0.15) is 0 Å². The minimum atomic E-state index is -0.0812.